The molecule has 0 saturated carbocycles. The van der Waals surface area contributed by atoms with Crippen LogP contribution in [-0.4, -0.2) is 23.5 Å². The van der Waals surface area contributed by atoms with E-state index in [4.69, 9.17) is 15.3 Å². The Kier molecular flexibility index (Phi) is 4.94. The van der Waals surface area contributed by atoms with Crippen LogP contribution in [0.4, 0.5) is 0 Å². The summed E-state index contributed by atoms with van der Waals surface area (Å²) in [7, 11) is 0. The molecule has 112 valence electrons. The second kappa shape index (κ2) is 6.90. The molecule has 0 atom stereocenters. The van der Waals surface area contributed by atoms with Crippen molar-refractivity contribution in [1.82, 2.24) is 5.32 Å². The van der Waals surface area contributed by atoms with Crippen molar-refractivity contribution in [2.24, 2.45) is 5.73 Å². The van der Waals surface area contributed by atoms with Crippen molar-refractivity contribution in [3.63, 3.8) is 0 Å². The standard InChI is InChI=1S/C15H18N2O4/c16-14(18)3-1-2-6-17-9-10-4-5-12-11(7-10)8-13(21-12)15(19)20/h4-5,7-8,17H,1-3,6,9H2,(H2,16,18)(H,19,20). The molecule has 1 heterocycles. The maximum absolute atomic E-state index is 10.8. The third kappa shape index (κ3) is 4.32. The largest absolute Gasteiger partial charge is 0.475 e. The average molecular weight is 290 g/mol. The van der Waals surface area contributed by atoms with E-state index in [0.29, 0.717) is 18.5 Å². The number of carbonyl (C=O) groups excluding carboxylic acids is 1. The molecule has 1 aromatic carbocycles. The number of carboxylic acids is 1. The number of fused-ring (bicyclic) bond motifs is 1. The third-order valence-electron chi connectivity index (χ3n) is 3.15. The van der Waals surface area contributed by atoms with Gasteiger partial charge in [0.2, 0.25) is 11.7 Å². The predicted octanol–water partition coefficient (Wildman–Crippen LogP) is 1.88. The van der Waals surface area contributed by atoms with Gasteiger partial charge in [-0.3, -0.25) is 4.79 Å². The topological polar surface area (TPSA) is 106 Å². The van der Waals surface area contributed by atoms with Crippen molar-refractivity contribution in [1.29, 1.82) is 0 Å². The molecule has 0 unspecified atom stereocenters. The maximum atomic E-state index is 10.8. The van der Waals surface area contributed by atoms with Gasteiger partial charge in [-0.2, -0.15) is 0 Å². The van der Waals surface area contributed by atoms with E-state index in [9.17, 15) is 9.59 Å². The maximum Gasteiger partial charge on any atom is 0.371 e. The van der Waals surface area contributed by atoms with Crippen LogP contribution in [0.2, 0.25) is 0 Å². The van der Waals surface area contributed by atoms with Crippen LogP contribution in [0, 0.1) is 0 Å². The summed E-state index contributed by atoms with van der Waals surface area (Å²) in [5.41, 5.74) is 6.68. The molecule has 1 amide bonds. The smallest absolute Gasteiger partial charge is 0.371 e. The molecule has 1 aromatic heterocycles. The fraction of sp³-hybridized carbons (Fsp3) is 0.333. The number of primary amides is 1. The average Bonchev–Trinajstić information content (AvgIpc) is 2.85. The molecule has 0 fully saturated rings. The highest BCUT2D eigenvalue weighted by Gasteiger charge is 2.10. The zero-order valence-electron chi connectivity index (χ0n) is 11.6. The Morgan fingerprint density at radius 2 is 2.05 bits per heavy atom. The highest BCUT2D eigenvalue weighted by atomic mass is 16.4. The molecule has 0 radical (unpaired) electrons. The number of nitrogens with two attached hydrogens (primary N) is 1. The van der Waals surface area contributed by atoms with Crippen molar-refractivity contribution >= 4 is 22.8 Å². The van der Waals surface area contributed by atoms with E-state index in [-0.39, 0.29) is 11.7 Å². The SMILES string of the molecule is NC(=O)CCCCNCc1ccc2oc(C(=O)O)cc2c1. The van der Waals surface area contributed by atoms with Crippen LogP contribution in [0.3, 0.4) is 0 Å². The lowest BCUT2D eigenvalue weighted by molar-refractivity contribution is -0.118. The van der Waals surface area contributed by atoms with Gasteiger partial charge in [-0.25, -0.2) is 4.79 Å². The zero-order chi connectivity index (χ0) is 15.2. The minimum atomic E-state index is -1.07. The van der Waals surface area contributed by atoms with Crippen LogP contribution < -0.4 is 11.1 Å². The number of rotatable bonds is 8. The highest BCUT2D eigenvalue weighted by Crippen LogP contribution is 2.20. The fourth-order valence-corrected chi connectivity index (χ4v) is 2.09. The Hall–Kier alpha value is -2.34. The summed E-state index contributed by atoms with van der Waals surface area (Å²) in [5.74, 6) is -1.39. The molecule has 4 N–H and O–H groups in total. The van der Waals surface area contributed by atoms with Gasteiger partial charge in [0.1, 0.15) is 5.58 Å². The number of furan rings is 1. The minimum absolute atomic E-state index is 0.0541. The Labute approximate surface area is 121 Å². The highest BCUT2D eigenvalue weighted by molar-refractivity contribution is 5.91. The van der Waals surface area contributed by atoms with Crippen LogP contribution >= 0.6 is 0 Å². The number of hydrogen-bond donors (Lipinski definition) is 3. The van der Waals surface area contributed by atoms with E-state index in [0.717, 1.165) is 30.3 Å². The van der Waals surface area contributed by atoms with Gasteiger partial charge in [-0.05, 0) is 43.1 Å². The molecule has 0 aliphatic rings. The first-order valence-corrected chi connectivity index (χ1v) is 6.81. The monoisotopic (exact) mass is 290 g/mol. The molecular weight excluding hydrogens is 272 g/mol. The second-order valence-electron chi connectivity index (χ2n) is 4.89. The van der Waals surface area contributed by atoms with Gasteiger partial charge < -0.3 is 20.6 Å². The summed E-state index contributed by atoms with van der Waals surface area (Å²) < 4.78 is 5.20. The fourth-order valence-electron chi connectivity index (χ4n) is 2.09. The Morgan fingerprint density at radius 3 is 2.76 bits per heavy atom. The van der Waals surface area contributed by atoms with Crippen LogP contribution in [0.15, 0.2) is 28.7 Å². The van der Waals surface area contributed by atoms with Gasteiger partial charge >= 0.3 is 5.97 Å². The van der Waals surface area contributed by atoms with Gasteiger partial charge in [0.25, 0.3) is 0 Å². The zero-order valence-corrected chi connectivity index (χ0v) is 11.6. The summed E-state index contributed by atoms with van der Waals surface area (Å²) in [6.45, 7) is 1.48. The molecule has 0 aliphatic heterocycles. The van der Waals surface area contributed by atoms with Gasteiger partial charge in [0, 0.05) is 18.4 Å². The van der Waals surface area contributed by atoms with Crippen LogP contribution in [-0.2, 0) is 11.3 Å². The van der Waals surface area contributed by atoms with Crippen molar-refractivity contribution < 1.29 is 19.1 Å². The van der Waals surface area contributed by atoms with Gasteiger partial charge in [-0.1, -0.05) is 6.07 Å². The van der Waals surface area contributed by atoms with E-state index in [1.165, 1.54) is 6.07 Å². The van der Waals surface area contributed by atoms with Crippen LogP contribution in [0.25, 0.3) is 11.0 Å². The number of hydrogen-bond acceptors (Lipinski definition) is 4. The lowest BCUT2D eigenvalue weighted by Crippen LogP contribution is -2.16. The summed E-state index contributed by atoms with van der Waals surface area (Å²) in [6.07, 6.45) is 2.09. The summed E-state index contributed by atoms with van der Waals surface area (Å²) >= 11 is 0. The van der Waals surface area contributed by atoms with Crippen molar-refractivity contribution in [3.05, 3.63) is 35.6 Å². The summed E-state index contributed by atoms with van der Waals surface area (Å²) in [6, 6.07) is 7.09. The second-order valence-corrected chi connectivity index (χ2v) is 4.89. The number of amides is 1. The summed E-state index contributed by atoms with van der Waals surface area (Å²) in [5, 5.41) is 12.9. The predicted molar refractivity (Wildman–Crippen MR) is 77.9 cm³/mol. The van der Waals surface area contributed by atoms with E-state index in [2.05, 4.69) is 5.32 Å². The molecule has 2 aromatic rings. The quantitative estimate of drug-likeness (QED) is 0.644. The minimum Gasteiger partial charge on any atom is -0.475 e. The number of benzene rings is 1. The number of carboxylic acid groups (broad SMARTS) is 1. The Balaban J connectivity index is 1.85. The van der Waals surface area contributed by atoms with E-state index in [1.54, 1.807) is 6.07 Å². The van der Waals surface area contributed by atoms with Crippen LogP contribution in [0.1, 0.15) is 35.4 Å². The molecule has 0 spiro atoms. The number of unbranched alkanes of at least 4 members (excludes halogenated alkanes) is 1. The molecule has 21 heavy (non-hydrogen) atoms. The lowest BCUT2D eigenvalue weighted by atomic mass is 10.1. The first-order valence-electron chi connectivity index (χ1n) is 6.81. The molecule has 6 heteroatoms. The first-order chi connectivity index (χ1) is 10.1. The molecule has 0 saturated heterocycles. The summed E-state index contributed by atoms with van der Waals surface area (Å²) in [4.78, 5) is 21.4. The number of aromatic carboxylic acids is 1. The number of nitrogens with one attached hydrogen (secondary N) is 1. The van der Waals surface area contributed by atoms with E-state index in [1.807, 2.05) is 12.1 Å². The van der Waals surface area contributed by atoms with E-state index >= 15 is 0 Å². The van der Waals surface area contributed by atoms with Crippen molar-refractivity contribution in [3.8, 4) is 0 Å². The molecular formula is C15H18N2O4. The number of carbonyl (C=O) groups is 2. The van der Waals surface area contributed by atoms with E-state index < -0.39 is 5.97 Å². The van der Waals surface area contributed by atoms with Gasteiger partial charge in [0.05, 0.1) is 0 Å². The first kappa shape index (κ1) is 15.1. The normalized spacial score (nSPS) is 10.9. The van der Waals surface area contributed by atoms with Gasteiger partial charge in [-0.15, -0.1) is 0 Å². The Bertz CT molecular complexity index is 648. The van der Waals surface area contributed by atoms with Crippen LogP contribution in [0.5, 0.6) is 0 Å². The van der Waals surface area contributed by atoms with Gasteiger partial charge in [0.15, 0.2) is 0 Å². The molecule has 0 aliphatic carbocycles. The Morgan fingerprint density at radius 1 is 1.24 bits per heavy atom. The molecule has 6 nitrogen and oxygen atoms in total. The molecule has 2 rings (SSSR count). The third-order valence-corrected chi connectivity index (χ3v) is 3.15. The lowest BCUT2D eigenvalue weighted by Gasteiger charge is -2.04. The molecule has 0 bridgehead atoms. The van der Waals surface area contributed by atoms with Crippen molar-refractivity contribution in [2.45, 2.75) is 25.8 Å². The van der Waals surface area contributed by atoms with Crippen molar-refractivity contribution in [2.75, 3.05) is 6.54 Å².